The molecule has 13 heavy (non-hydrogen) atoms. The maximum atomic E-state index is 3.21. The molecule has 0 aromatic heterocycles. The van der Waals surface area contributed by atoms with E-state index in [0.717, 1.165) is 19.0 Å². The van der Waals surface area contributed by atoms with Gasteiger partial charge < -0.3 is 5.32 Å². The summed E-state index contributed by atoms with van der Waals surface area (Å²) in [7, 11) is 2.01. The van der Waals surface area contributed by atoms with Crippen molar-refractivity contribution in [3.05, 3.63) is 0 Å². The van der Waals surface area contributed by atoms with Crippen molar-refractivity contribution < 1.29 is 0 Å². The molecule has 0 radical (unpaired) electrons. The standard InChI is InChI=1S/C11H26N2/c1-9(2)11(5)13(10(3)4)8-7-12-6/h9-12H,7-8H2,1-6H3. The summed E-state index contributed by atoms with van der Waals surface area (Å²) in [6, 6.07) is 1.32. The van der Waals surface area contributed by atoms with Crippen LogP contribution in [0.5, 0.6) is 0 Å². The lowest BCUT2D eigenvalue weighted by molar-refractivity contribution is 0.132. The Hall–Kier alpha value is -0.0800. The second kappa shape index (κ2) is 6.39. The summed E-state index contributed by atoms with van der Waals surface area (Å²) in [6.07, 6.45) is 0. The average molecular weight is 186 g/mol. The molecule has 0 spiro atoms. The third kappa shape index (κ3) is 4.63. The Morgan fingerprint density at radius 2 is 1.62 bits per heavy atom. The van der Waals surface area contributed by atoms with Gasteiger partial charge >= 0.3 is 0 Å². The van der Waals surface area contributed by atoms with Gasteiger partial charge in [0.2, 0.25) is 0 Å². The Morgan fingerprint density at radius 3 is 1.92 bits per heavy atom. The van der Waals surface area contributed by atoms with E-state index in [1.165, 1.54) is 0 Å². The molecule has 0 fully saturated rings. The summed E-state index contributed by atoms with van der Waals surface area (Å²) in [5.41, 5.74) is 0. The van der Waals surface area contributed by atoms with Crippen LogP contribution in [0.2, 0.25) is 0 Å². The highest BCUT2D eigenvalue weighted by Gasteiger charge is 2.18. The van der Waals surface area contributed by atoms with Crippen LogP contribution in [0, 0.1) is 5.92 Å². The molecular weight excluding hydrogens is 160 g/mol. The average Bonchev–Trinajstić information content (AvgIpc) is 2.04. The summed E-state index contributed by atoms with van der Waals surface area (Å²) < 4.78 is 0. The van der Waals surface area contributed by atoms with Crippen molar-refractivity contribution in [2.75, 3.05) is 20.1 Å². The Labute approximate surface area is 83.7 Å². The molecule has 1 N–H and O–H groups in total. The van der Waals surface area contributed by atoms with E-state index in [0.29, 0.717) is 12.1 Å². The van der Waals surface area contributed by atoms with E-state index < -0.39 is 0 Å². The largest absolute Gasteiger partial charge is 0.318 e. The van der Waals surface area contributed by atoms with Crippen LogP contribution in [0.1, 0.15) is 34.6 Å². The molecule has 0 rings (SSSR count). The minimum absolute atomic E-state index is 0.644. The van der Waals surface area contributed by atoms with Crippen molar-refractivity contribution in [2.24, 2.45) is 5.92 Å². The second-order valence-corrected chi connectivity index (χ2v) is 4.42. The first kappa shape index (κ1) is 12.9. The van der Waals surface area contributed by atoms with Gasteiger partial charge in [-0.2, -0.15) is 0 Å². The highest BCUT2D eigenvalue weighted by atomic mass is 15.2. The molecule has 0 saturated carbocycles. The minimum atomic E-state index is 0.644. The Morgan fingerprint density at radius 1 is 1.08 bits per heavy atom. The van der Waals surface area contributed by atoms with Gasteiger partial charge in [-0.15, -0.1) is 0 Å². The van der Waals surface area contributed by atoms with E-state index in [9.17, 15) is 0 Å². The topological polar surface area (TPSA) is 15.3 Å². The molecular formula is C11H26N2. The maximum Gasteiger partial charge on any atom is 0.0112 e. The fourth-order valence-electron chi connectivity index (χ4n) is 1.56. The first-order valence-electron chi connectivity index (χ1n) is 5.41. The van der Waals surface area contributed by atoms with Crippen LogP contribution in [0.25, 0.3) is 0 Å². The Balaban J connectivity index is 4.07. The van der Waals surface area contributed by atoms with Gasteiger partial charge in [0.1, 0.15) is 0 Å². The predicted molar refractivity (Wildman–Crippen MR) is 60.1 cm³/mol. The third-order valence-corrected chi connectivity index (χ3v) is 2.77. The van der Waals surface area contributed by atoms with E-state index in [2.05, 4.69) is 44.8 Å². The van der Waals surface area contributed by atoms with E-state index in [4.69, 9.17) is 0 Å². The van der Waals surface area contributed by atoms with Gasteiger partial charge in [-0.05, 0) is 33.7 Å². The van der Waals surface area contributed by atoms with E-state index in [1.807, 2.05) is 7.05 Å². The molecule has 0 amide bonds. The van der Waals surface area contributed by atoms with Gasteiger partial charge in [-0.1, -0.05) is 13.8 Å². The predicted octanol–water partition coefficient (Wildman–Crippen LogP) is 1.96. The summed E-state index contributed by atoms with van der Waals surface area (Å²) in [6.45, 7) is 13.7. The van der Waals surface area contributed by atoms with Crippen LogP contribution < -0.4 is 5.32 Å². The Bertz CT molecular complexity index is 121. The van der Waals surface area contributed by atoms with Crippen molar-refractivity contribution >= 4 is 0 Å². The molecule has 2 nitrogen and oxygen atoms in total. The molecule has 0 aliphatic rings. The van der Waals surface area contributed by atoms with Gasteiger partial charge in [-0.3, -0.25) is 4.90 Å². The molecule has 0 aliphatic heterocycles. The van der Waals surface area contributed by atoms with Gasteiger partial charge in [-0.25, -0.2) is 0 Å². The van der Waals surface area contributed by atoms with Gasteiger partial charge in [0.15, 0.2) is 0 Å². The zero-order chi connectivity index (χ0) is 10.4. The van der Waals surface area contributed by atoms with Crippen LogP contribution in [0.4, 0.5) is 0 Å². The van der Waals surface area contributed by atoms with Crippen molar-refractivity contribution in [3.8, 4) is 0 Å². The molecule has 0 aliphatic carbocycles. The summed E-state index contributed by atoms with van der Waals surface area (Å²) >= 11 is 0. The van der Waals surface area contributed by atoms with Crippen LogP contribution in [-0.4, -0.2) is 37.1 Å². The zero-order valence-corrected chi connectivity index (χ0v) is 10.1. The lowest BCUT2D eigenvalue weighted by atomic mass is 10.0. The smallest absolute Gasteiger partial charge is 0.0112 e. The Kier molecular flexibility index (Phi) is 6.35. The van der Waals surface area contributed by atoms with E-state index in [1.54, 1.807) is 0 Å². The first-order chi connectivity index (χ1) is 6.00. The number of nitrogens with one attached hydrogen (secondary N) is 1. The van der Waals surface area contributed by atoms with Crippen molar-refractivity contribution in [1.82, 2.24) is 10.2 Å². The highest BCUT2D eigenvalue weighted by Crippen LogP contribution is 2.12. The monoisotopic (exact) mass is 186 g/mol. The van der Waals surface area contributed by atoms with E-state index >= 15 is 0 Å². The molecule has 0 heterocycles. The number of hydrogen-bond acceptors (Lipinski definition) is 2. The van der Waals surface area contributed by atoms with Gasteiger partial charge in [0.25, 0.3) is 0 Å². The van der Waals surface area contributed by atoms with Gasteiger partial charge in [0, 0.05) is 25.2 Å². The fourth-order valence-corrected chi connectivity index (χ4v) is 1.56. The van der Waals surface area contributed by atoms with Crippen LogP contribution in [0.3, 0.4) is 0 Å². The lowest BCUT2D eigenvalue weighted by Gasteiger charge is -2.35. The van der Waals surface area contributed by atoms with Crippen molar-refractivity contribution in [3.63, 3.8) is 0 Å². The van der Waals surface area contributed by atoms with E-state index in [-0.39, 0.29) is 0 Å². The second-order valence-electron chi connectivity index (χ2n) is 4.42. The quantitative estimate of drug-likeness (QED) is 0.682. The zero-order valence-electron chi connectivity index (χ0n) is 10.1. The summed E-state index contributed by atoms with van der Waals surface area (Å²) in [5.74, 6) is 0.735. The number of hydrogen-bond donors (Lipinski definition) is 1. The van der Waals surface area contributed by atoms with Crippen molar-refractivity contribution in [1.29, 1.82) is 0 Å². The van der Waals surface area contributed by atoms with Gasteiger partial charge in [0.05, 0.1) is 0 Å². The van der Waals surface area contributed by atoms with Crippen LogP contribution in [0.15, 0.2) is 0 Å². The highest BCUT2D eigenvalue weighted by molar-refractivity contribution is 4.73. The third-order valence-electron chi connectivity index (χ3n) is 2.77. The molecule has 80 valence electrons. The summed E-state index contributed by atoms with van der Waals surface area (Å²) in [4.78, 5) is 2.56. The number of rotatable bonds is 6. The van der Waals surface area contributed by atoms with Crippen LogP contribution in [-0.2, 0) is 0 Å². The summed E-state index contributed by atoms with van der Waals surface area (Å²) in [5, 5.41) is 3.21. The van der Waals surface area contributed by atoms with Crippen molar-refractivity contribution in [2.45, 2.75) is 46.7 Å². The first-order valence-corrected chi connectivity index (χ1v) is 5.41. The molecule has 0 bridgehead atoms. The molecule has 1 atom stereocenters. The molecule has 1 unspecified atom stereocenters. The molecule has 0 aromatic carbocycles. The fraction of sp³-hybridized carbons (Fsp3) is 1.00. The number of likely N-dealkylation sites (N-methyl/N-ethyl adjacent to an activating group) is 1. The SMILES string of the molecule is CNCCN(C(C)C)C(C)C(C)C. The maximum absolute atomic E-state index is 3.21. The molecule has 0 saturated heterocycles. The lowest BCUT2D eigenvalue weighted by Crippen LogP contribution is -2.44. The molecule has 0 aromatic rings. The normalized spacial score (nSPS) is 14.5. The molecule has 2 heteroatoms. The number of nitrogens with zero attached hydrogens (tertiary/aromatic N) is 1. The minimum Gasteiger partial charge on any atom is -0.318 e. The van der Waals surface area contributed by atoms with Crippen LogP contribution >= 0.6 is 0 Å².